The van der Waals surface area contributed by atoms with E-state index in [2.05, 4.69) is 4.90 Å². The van der Waals surface area contributed by atoms with Crippen LogP contribution >= 0.6 is 0 Å². The Balaban J connectivity index is 1.24. The van der Waals surface area contributed by atoms with E-state index in [0.29, 0.717) is 43.1 Å². The number of esters is 1. The molecule has 2 saturated carbocycles. The van der Waals surface area contributed by atoms with Gasteiger partial charge in [0.15, 0.2) is 11.5 Å². The normalized spacial score (nSPS) is 31.0. The zero-order chi connectivity index (χ0) is 30.3. The van der Waals surface area contributed by atoms with Gasteiger partial charge in [0.2, 0.25) is 5.91 Å². The van der Waals surface area contributed by atoms with Gasteiger partial charge in [-0.3, -0.25) is 14.5 Å². The molecule has 1 saturated heterocycles. The van der Waals surface area contributed by atoms with Crippen molar-refractivity contribution in [1.29, 1.82) is 0 Å². The third-order valence-electron chi connectivity index (χ3n) is 10.4. The number of ether oxygens (including phenoxy) is 2. The van der Waals surface area contributed by atoms with Gasteiger partial charge in [0, 0.05) is 38.2 Å². The minimum atomic E-state index is -4.48. The summed E-state index contributed by atoms with van der Waals surface area (Å²) in [6, 6.07) is 8.07. The molecule has 3 fully saturated rings. The van der Waals surface area contributed by atoms with E-state index in [1.54, 1.807) is 18.0 Å². The lowest BCUT2D eigenvalue weighted by Crippen LogP contribution is -2.78. The van der Waals surface area contributed by atoms with E-state index < -0.39 is 40.9 Å². The maximum absolute atomic E-state index is 13.5. The molecule has 228 valence electrons. The van der Waals surface area contributed by atoms with E-state index in [9.17, 15) is 27.9 Å². The number of nitrogens with zero attached hydrogens (tertiary/aromatic N) is 2. The van der Waals surface area contributed by atoms with Crippen molar-refractivity contribution in [3.63, 3.8) is 0 Å². The first-order chi connectivity index (χ1) is 20.4. The first kappa shape index (κ1) is 28.4. The Bertz CT molecular complexity index is 1520. The minimum absolute atomic E-state index is 0.0891. The predicted octanol–water partition coefficient (Wildman–Crippen LogP) is 4.74. The summed E-state index contributed by atoms with van der Waals surface area (Å²) >= 11 is 0. The molecule has 1 N–H and O–H groups in total. The number of alkyl halides is 3. The average molecular weight is 597 g/mol. The second-order valence-corrected chi connectivity index (χ2v) is 12.9. The Morgan fingerprint density at radius 1 is 1.19 bits per heavy atom. The third-order valence-corrected chi connectivity index (χ3v) is 10.4. The molecule has 1 amide bonds. The smallest absolute Gasteiger partial charge is 0.416 e. The van der Waals surface area contributed by atoms with Crippen LogP contribution in [-0.2, 0) is 27.6 Å². The minimum Gasteiger partial charge on any atom is -0.483 e. The largest absolute Gasteiger partial charge is 0.483 e. The summed E-state index contributed by atoms with van der Waals surface area (Å²) in [4.78, 5) is 29.5. The quantitative estimate of drug-likeness (QED) is 0.295. The number of rotatable bonds is 6. The third kappa shape index (κ3) is 4.39. The SMILES string of the molecule is CC(=O)Oc1ccc2c3c1O[C@H]1[C@@H](N(C)C(=O)C=Cc4cccc(C(F)(F)F)c4)CC[C@@]4(O)[C@@H](C2)N(CC2CC2)CC[C@]314. The Morgan fingerprint density at radius 2 is 1.98 bits per heavy atom. The molecule has 7 nitrogen and oxygen atoms in total. The molecule has 0 radical (unpaired) electrons. The van der Waals surface area contributed by atoms with Crippen molar-refractivity contribution >= 4 is 18.0 Å². The fourth-order valence-electron chi connectivity index (χ4n) is 8.34. The summed E-state index contributed by atoms with van der Waals surface area (Å²) in [5, 5.41) is 12.7. The molecule has 7 rings (SSSR count). The standard InChI is InChI=1S/C33H35F3N2O5/c1-19(39)42-25-10-9-22-17-26-32(41)13-12-24(37(2)27(40)11-8-20-4-3-5-23(16-20)33(34,35)36)30-31(32,28(22)29(25)43-30)14-15-38(26)18-21-6-7-21/h3-5,8-11,16,21,24,26,30,41H,6-7,12-15,17-18H2,1-2H3/t24-,26+,30-,31-,32+/m0/s1. The molecule has 2 aliphatic heterocycles. The van der Waals surface area contributed by atoms with Crippen molar-refractivity contribution < 1.29 is 37.3 Å². The number of carbonyl (C=O) groups is 2. The molecule has 2 aromatic rings. The number of carbonyl (C=O) groups excluding carboxylic acids is 2. The van der Waals surface area contributed by atoms with E-state index >= 15 is 0 Å². The highest BCUT2D eigenvalue weighted by Gasteiger charge is 2.73. The number of amides is 1. The number of aliphatic hydroxyl groups is 1. The maximum Gasteiger partial charge on any atom is 0.416 e. The number of benzene rings is 2. The topological polar surface area (TPSA) is 79.3 Å². The monoisotopic (exact) mass is 596 g/mol. The van der Waals surface area contributed by atoms with E-state index in [4.69, 9.17) is 9.47 Å². The Kier molecular flexibility index (Phi) is 6.49. The first-order valence-electron chi connectivity index (χ1n) is 15.0. The molecule has 2 aromatic carbocycles. The number of likely N-dealkylation sites (tertiary alicyclic amines) is 1. The Hall–Kier alpha value is -3.37. The second-order valence-electron chi connectivity index (χ2n) is 12.9. The van der Waals surface area contributed by atoms with Crippen molar-refractivity contribution in [1.82, 2.24) is 9.80 Å². The molecule has 5 atom stereocenters. The van der Waals surface area contributed by atoms with Gasteiger partial charge in [-0.2, -0.15) is 13.2 Å². The van der Waals surface area contributed by atoms with Crippen LogP contribution in [0, 0.1) is 5.92 Å². The summed E-state index contributed by atoms with van der Waals surface area (Å²) in [7, 11) is 1.67. The molecule has 5 aliphatic rings. The van der Waals surface area contributed by atoms with Crippen LogP contribution < -0.4 is 9.47 Å². The van der Waals surface area contributed by atoms with Gasteiger partial charge < -0.3 is 19.5 Å². The molecule has 2 heterocycles. The van der Waals surface area contributed by atoms with Crippen LogP contribution in [0.1, 0.15) is 61.3 Å². The van der Waals surface area contributed by atoms with E-state index in [-0.39, 0.29) is 17.5 Å². The highest BCUT2D eigenvalue weighted by molar-refractivity contribution is 5.92. The highest BCUT2D eigenvalue weighted by Crippen LogP contribution is 2.66. The molecule has 0 aromatic heterocycles. The van der Waals surface area contributed by atoms with Crippen molar-refractivity contribution in [2.24, 2.45) is 5.92 Å². The van der Waals surface area contributed by atoms with Crippen LogP contribution in [0.15, 0.2) is 42.5 Å². The summed E-state index contributed by atoms with van der Waals surface area (Å²) < 4.78 is 51.9. The van der Waals surface area contributed by atoms with Crippen molar-refractivity contribution in [3.8, 4) is 11.5 Å². The molecule has 3 aliphatic carbocycles. The highest BCUT2D eigenvalue weighted by atomic mass is 19.4. The van der Waals surface area contributed by atoms with Crippen LogP contribution in [0.4, 0.5) is 13.2 Å². The lowest BCUT2D eigenvalue weighted by molar-refractivity contribution is -0.200. The number of halogens is 3. The van der Waals surface area contributed by atoms with Crippen LogP contribution in [0.3, 0.4) is 0 Å². The van der Waals surface area contributed by atoms with Crippen molar-refractivity contribution in [2.75, 3.05) is 20.1 Å². The van der Waals surface area contributed by atoms with Crippen LogP contribution in [0.25, 0.3) is 6.08 Å². The summed E-state index contributed by atoms with van der Waals surface area (Å²) in [6.45, 7) is 3.09. The van der Waals surface area contributed by atoms with Crippen molar-refractivity contribution in [2.45, 2.75) is 80.8 Å². The molecular weight excluding hydrogens is 561 g/mol. The van der Waals surface area contributed by atoms with Gasteiger partial charge in [0.05, 0.1) is 22.6 Å². The number of piperidine rings is 1. The zero-order valence-corrected chi connectivity index (χ0v) is 24.2. The molecule has 43 heavy (non-hydrogen) atoms. The molecule has 2 bridgehead atoms. The zero-order valence-electron chi connectivity index (χ0n) is 24.2. The predicted molar refractivity (Wildman–Crippen MR) is 151 cm³/mol. The molecular formula is C33H35F3N2O5. The number of likely N-dealkylation sites (N-methyl/N-ethyl adjacent to an activating group) is 1. The number of hydrogen-bond acceptors (Lipinski definition) is 6. The summed E-state index contributed by atoms with van der Waals surface area (Å²) in [6.07, 6.45) is 2.31. The van der Waals surface area contributed by atoms with Gasteiger partial charge >= 0.3 is 12.1 Å². The van der Waals surface area contributed by atoms with Gasteiger partial charge in [-0.05, 0) is 86.4 Å². The first-order valence-corrected chi connectivity index (χ1v) is 15.0. The van der Waals surface area contributed by atoms with E-state index in [1.165, 1.54) is 44.1 Å². The van der Waals surface area contributed by atoms with E-state index in [1.807, 2.05) is 6.07 Å². The van der Waals surface area contributed by atoms with Gasteiger partial charge in [-0.25, -0.2) is 0 Å². The summed E-state index contributed by atoms with van der Waals surface area (Å²) in [5.74, 6) is 0.605. The fourth-order valence-corrected chi connectivity index (χ4v) is 8.34. The van der Waals surface area contributed by atoms with Crippen LogP contribution in [-0.4, -0.2) is 70.7 Å². The number of hydrogen-bond donors (Lipinski definition) is 1. The lowest BCUT2D eigenvalue weighted by atomic mass is 9.48. The van der Waals surface area contributed by atoms with Gasteiger partial charge in [0.1, 0.15) is 6.10 Å². The Morgan fingerprint density at radius 3 is 2.70 bits per heavy atom. The molecule has 10 heteroatoms. The van der Waals surface area contributed by atoms with Gasteiger partial charge in [0.25, 0.3) is 0 Å². The fraction of sp³-hybridized carbons (Fsp3) is 0.515. The Labute approximate surface area is 248 Å². The van der Waals surface area contributed by atoms with Crippen molar-refractivity contribution in [3.05, 3.63) is 64.7 Å². The van der Waals surface area contributed by atoms with E-state index in [0.717, 1.165) is 36.3 Å². The van der Waals surface area contributed by atoms with Gasteiger partial charge in [-0.15, -0.1) is 0 Å². The lowest BCUT2D eigenvalue weighted by Gasteiger charge is -2.64. The molecule has 0 unspecified atom stereocenters. The van der Waals surface area contributed by atoms with Crippen LogP contribution in [0.2, 0.25) is 0 Å². The van der Waals surface area contributed by atoms with Crippen LogP contribution in [0.5, 0.6) is 11.5 Å². The average Bonchev–Trinajstić information content (AvgIpc) is 3.70. The second kappa shape index (κ2) is 9.82. The van der Waals surface area contributed by atoms with Gasteiger partial charge in [-0.1, -0.05) is 18.2 Å². The summed E-state index contributed by atoms with van der Waals surface area (Å²) in [5.41, 5.74) is -0.427. The maximum atomic E-state index is 13.5. The molecule has 1 spiro atoms.